The van der Waals surface area contributed by atoms with Crippen LogP contribution in [0, 0.1) is 0 Å². The molecule has 0 fully saturated rings. The van der Waals surface area contributed by atoms with Gasteiger partial charge in [-0.25, -0.2) is 4.79 Å². The Balaban J connectivity index is 2.35. The zero-order valence-corrected chi connectivity index (χ0v) is 13.4. The molecule has 2 N–H and O–H groups in total. The first-order valence-electron chi connectivity index (χ1n) is 7.41. The fourth-order valence-electron chi connectivity index (χ4n) is 2.88. The van der Waals surface area contributed by atoms with E-state index in [2.05, 4.69) is 0 Å². The molecule has 0 radical (unpaired) electrons. The lowest BCUT2D eigenvalue weighted by molar-refractivity contribution is 0.0142. The van der Waals surface area contributed by atoms with Gasteiger partial charge in [-0.05, 0) is 50.1 Å². The lowest BCUT2D eigenvalue weighted by atomic mass is 9.96. The van der Waals surface area contributed by atoms with Gasteiger partial charge in [-0.3, -0.25) is 4.90 Å². The van der Waals surface area contributed by atoms with Crippen LogP contribution in [0.5, 0.6) is 0 Å². The minimum absolute atomic E-state index is 0.543. The molecule has 0 bridgehead atoms. The quantitative estimate of drug-likeness (QED) is 0.899. The minimum atomic E-state index is -1.03. The van der Waals surface area contributed by atoms with Gasteiger partial charge in [-0.15, -0.1) is 0 Å². The molecule has 0 aliphatic heterocycles. The standard InChI is InChI=1S/C18H23NO3/c1-12(19(17(21)22)18(2,3)4)16(20)15-10-9-13-7-5-6-8-14(13)11-15/h5-12,16,20H,1-4H3,(H,21,22)/t12-,16-/m0/s1. The molecule has 1 amide bonds. The number of hydrogen-bond donors (Lipinski definition) is 2. The summed E-state index contributed by atoms with van der Waals surface area (Å²) in [5.74, 6) is 0. The highest BCUT2D eigenvalue weighted by molar-refractivity contribution is 5.83. The number of nitrogens with zero attached hydrogens (tertiary/aromatic N) is 1. The van der Waals surface area contributed by atoms with E-state index < -0.39 is 23.8 Å². The molecule has 2 rings (SSSR count). The van der Waals surface area contributed by atoms with Crippen LogP contribution in [0.3, 0.4) is 0 Å². The van der Waals surface area contributed by atoms with E-state index in [-0.39, 0.29) is 0 Å². The highest BCUT2D eigenvalue weighted by atomic mass is 16.4. The third-order valence-corrected chi connectivity index (χ3v) is 3.91. The first kappa shape index (κ1) is 16.3. The van der Waals surface area contributed by atoms with Crippen molar-refractivity contribution in [2.75, 3.05) is 0 Å². The Morgan fingerprint density at radius 2 is 1.68 bits per heavy atom. The average Bonchev–Trinajstić information content (AvgIpc) is 2.44. The van der Waals surface area contributed by atoms with Crippen LogP contribution in [0.1, 0.15) is 39.4 Å². The molecule has 0 spiro atoms. The fourth-order valence-corrected chi connectivity index (χ4v) is 2.88. The minimum Gasteiger partial charge on any atom is -0.465 e. The number of carbonyl (C=O) groups is 1. The van der Waals surface area contributed by atoms with E-state index in [4.69, 9.17) is 0 Å². The second-order valence-electron chi connectivity index (χ2n) is 6.62. The monoisotopic (exact) mass is 301 g/mol. The van der Waals surface area contributed by atoms with Gasteiger partial charge in [0.05, 0.1) is 12.1 Å². The summed E-state index contributed by atoms with van der Waals surface area (Å²) in [4.78, 5) is 12.8. The molecule has 0 aliphatic carbocycles. The second kappa shape index (κ2) is 5.97. The van der Waals surface area contributed by atoms with Crippen LogP contribution in [0.4, 0.5) is 4.79 Å². The summed E-state index contributed by atoms with van der Waals surface area (Å²) in [6, 6.07) is 13.1. The van der Waals surface area contributed by atoms with Crippen LogP contribution in [-0.2, 0) is 0 Å². The summed E-state index contributed by atoms with van der Waals surface area (Å²) in [6.45, 7) is 7.21. The van der Waals surface area contributed by atoms with Gasteiger partial charge < -0.3 is 10.2 Å². The summed E-state index contributed by atoms with van der Waals surface area (Å²) in [6.07, 6.45) is -1.90. The number of aliphatic hydroxyl groups is 1. The third-order valence-electron chi connectivity index (χ3n) is 3.91. The largest absolute Gasteiger partial charge is 0.465 e. The first-order valence-corrected chi connectivity index (χ1v) is 7.41. The molecule has 2 aromatic rings. The average molecular weight is 301 g/mol. The smallest absolute Gasteiger partial charge is 0.408 e. The Morgan fingerprint density at radius 1 is 1.09 bits per heavy atom. The van der Waals surface area contributed by atoms with E-state index in [1.165, 1.54) is 4.90 Å². The maximum atomic E-state index is 11.6. The molecule has 4 nitrogen and oxygen atoms in total. The fraction of sp³-hybridized carbons (Fsp3) is 0.389. The van der Waals surface area contributed by atoms with Crippen LogP contribution in [0.25, 0.3) is 10.8 Å². The van der Waals surface area contributed by atoms with Crippen molar-refractivity contribution in [2.24, 2.45) is 0 Å². The molecular formula is C18H23NO3. The second-order valence-corrected chi connectivity index (χ2v) is 6.62. The molecule has 2 atom stereocenters. The lowest BCUT2D eigenvalue weighted by Gasteiger charge is -2.40. The molecule has 0 aliphatic rings. The Hall–Kier alpha value is -2.07. The van der Waals surface area contributed by atoms with Gasteiger partial charge in [0.25, 0.3) is 0 Å². The van der Waals surface area contributed by atoms with E-state index in [0.717, 1.165) is 16.3 Å². The summed E-state index contributed by atoms with van der Waals surface area (Å²) >= 11 is 0. The maximum absolute atomic E-state index is 11.6. The molecular weight excluding hydrogens is 278 g/mol. The molecule has 0 saturated carbocycles. The number of rotatable bonds is 3. The Labute approximate surface area is 131 Å². The summed E-state index contributed by atoms with van der Waals surface area (Å²) in [5, 5.41) is 22.2. The van der Waals surface area contributed by atoms with Crippen molar-refractivity contribution in [3.63, 3.8) is 0 Å². The molecule has 4 heteroatoms. The highest BCUT2D eigenvalue weighted by Gasteiger charge is 2.34. The zero-order valence-electron chi connectivity index (χ0n) is 13.4. The molecule has 0 saturated heterocycles. The van der Waals surface area contributed by atoms with Gasteiger partial charge in [0.15, 0.2) is 0 Å². The van der Waals surface area contributed by atoms with Crippen molar-refractivity contribution in [2.45, 2.75) is 45.4 Å². The molecule has 118 valence electrons. The normalized spacial score (nSPS) is 14.6. The number of benzene rings is 2. The number of hydrogen-bond acceptors (Lipinski definition) is 2. The van der Waals surface area contributed by atoms with E-state index in [1.54, 1.807) is 6.92 Å². The van der Waals surface area contributed by atoms with Crippen molar-refractivity contribution in [3.05, 3.63) is 48.0 Å². The number of aliphatic hydroxyl groups excluding tert-OH is 1. The number of carboxylic acid groups (broad SMARTS) is 1. The van der Waals surface area contributed by atoms with E-state index >= 15 is 0 Å². The first-order chi connectivity index (χ1) is 10.2. The maximum Gasteiger partial charge on any atom is 0.408 e. The van der Waals surface area contributed by atoms with Gasteiger partial charge >= 0.3 is 6.09 Å². The van der Waals surface area contributed by atoms with Crippen molar-refractivity contribution in [1.82, 2.24) is 4.90 Å². The molecule has 2 aromatic carbocycles. The summed E-state index contributed by atoms with van der Waals surface area (Å²) < 4.78 is 0. The molecule has 22 heavy (non-hydrogen) atoms. The summed E-state index contributed by atoms with van der Waals surface area (Å²) in [5.41, 5.74) is 0.144. The van der Waals surface area contributed by atoms with Crippen LogP contribution < -0.4 is 0 Å². The van der Waals surface area contributed by atoms with Crippen molar-refractivity contribution in [3.8, 4) is 0 Å². The molecule has 0 aromatic heterocycles. The predicted molar refractivity (Wildman–Crippen MR) is 88.0 cm³/mol. The van der Waals surface area contributed by atoms with Crippen molar-refractivity contribution >= 4 is 16.9 Å². The third kappa shape index (κ3) is 3.22. The Morgan fingerprint density at radius 3 is 2.23 bits per heavy atom. The topological polar surface area (TPSA) is 60.8 Å². The summed E-state index contributed by atoms with van der Waals surface area (Å²) in [7, 11) is 0. The van der Waals surface area contributed by atoms with Crippen LogP contribution >= 0.6 is 0 Å². The van der Waals surface area contributed by atoms with E-state index in [0.29, 0.717) is 0 Å². The molecule has 0 unspecified atom stereocenters. The van der Waals surface area contributed by atoms with E-state index in [9.17, 15) is 15.0 Å². The number of fused-ring (bicyclic) bond motifs is 1. The Kier molecular flexibility index (Phi) is 4.42. The zero-order chi connectivity index (χ0) is 16.5. The van der Waals surface area contributed by atoms with Gasteiger partial charge in [0, 0.05) is 5.54 Å². The van der Waals surface area contributed by atoms with Crippen molar-refractivity contribution in [1.29, 1.82) is 0 Å². The van der Waals surface area contributed by atoms with Gasteiger partial charge in [-0.1, -0.05) is 36.4 Å². The van der Waals surface area contributed by atoms with Crippen molar-refractivity contribution < 1.29 is 15.0 Å². The SMILES string of the molecule is C[C@@H]([C@H](O)c1ccc2ccccc2c1)N(C(=O)O)C(C)(C)C. The van der Waals surface area contributed by atoms with Gasteiger partial charge in [0.1, 0.15) is 0 Å². The van der Waals surface area contributed by atoms with Gasteiger partial charge in [0.2, 0.25) is 0 Å². The van der Waals surface area contributed by atoms with Crippen LogP contribution in [-0.4, -0.2) is 32.8 Å². The van der Waals surface area contributed by atoms with Crippen LogP contribution in [0.15, 0.2) is 42.5 Å². The molecule has 0 heterocycles. The lowest BCUT2D eigenvalue weighted by Crippen LogP contribution is -2.52. The Bertz CT molecular complexity index is 675. The predicted octanol–water partition coefficient (Wildman–Crippen LogP) is 4.04. The van der Waals surface area contributed by atoms with Crippen LogP contribution in [0.2, 0.25) is 0 Å². The highest BCUT2D eigenvalue weighted by Crippen LogP contribution is 2.28. The van der Waals surface area contributed by atoms with Gasteiger partial charge in [-0.2, -0.15) is 0 Å². The number of amides is 1. The van der Waals surface area contributed by atoms with E-state index in [1.807, 2.05) is 63.2 Å².